The summed E-state index contributed by atoms with van der Waals surface area (Å²) in [6.07, 6.45) is 1.39. The molecule has 2 aromatic rings. The summed E-state index contributed by atoms with van der Waals surface area (Å²) >= 11 is 0. The van der Waals surface area contributed by atoms with Gasteiger partial charge in [-0.3, -0.25) is 0 Å². The minimum absolute atomic E-state index is 0.0854. The highest BCUT2D eigenvalue weighted by Crippen LogP contribution is 2.41. The maximum atomic E-state index is 12.6. The second-order valence-corrected chi connectivity index (χ2v) is 9.02. The highest BCUT2D eigenvalue weighted by Gasteiger charge is 2.50. The lowest BCUT2D eigenvalue weighted by atomic mass is 10.1. The van der Waals surface area contributed by atoms with Crippen molar-refractivity contribution in [3.05, 3.63) is 24.1 Å². The molecule has 0 saturated heterocycles. The first kappa shape index (κ1) is 16.8. The SMILES string of the molecule is COc1ccc(-c2noc(C(C)(C)S(=O)(=O)C3CC3)n2)c(OC)c1. The number of sulfone groups is 1. The molecule has 1 saturated carbocycles. The Morgan fingerprint density at radius 1 is 1.21 bits per heavy atom. The van der Waals surface area contributed by atoms with Crippen LogP contribution < -0.4 is 9.47 Å². The lowest BCUT2D eigenvalue weighted by molar-refractivity contribution is 0.346. The fourth-order valence-electron chi connectivity index (χ4n) is 2.48. The predicted molar refractivity (Wildman–Crippen MR) is 87.8 cm³/mol. The van der Waals surface area contributed by atoms with Crippen LogP contribution in [-0.2, 0) is 14.6 Å². The molecule has 0 bridgehead atoms. The molecule has 1 fully saturated rings. The van der Waals surface area contributed by atoms with E-state index in [9.17, 15) is 8.42 Å². The van der Waals surface area contributed by atoms with E-state index in [1.807, 2.05) is 0 Å². The molecule has 7 nitrogen and oxygen atoms in total. The third kappa shape index (κ3) is 2.64. The smallest absolute Gasteiger partial charge is 0.247 e. The van der Waals surface area contributed by atoms with Crippen molar-refractivity contribution in [2.45, 2.75) is 36.7 Å². The summed E-state index contributed by atoms with van der Waals surface area (Å²) in [6, 6.07) is 5.20. The number of hydrogen-bond donors (Lipinski definition) is 0. The van der Waals surface area contributed by atoms with E-state index in [1.54, 1.807) is 39.2 Å². The molecule has 0 atom stereocenters. The topological polar surface area (TPSA) is 91.5 Å². The monoisotopic (exact) mass is 352 g/mol. The van der Waals surface area contributed by atoms with Crippen molar-refractivity contribution in [2.75, 3.05) is 14.2 Å². The van der Waals surface area contributed by atoms with Crippen LogP contribution >= 0.6 is 0 Å². The summed E-state index contributed by atoms with van der Waals surface area (Å²) in [5.74, 6) is 1.52. The molecule has 24 heavy (non-hydrogen) atoms. The van der Waals surface area contributed by atoms with Crippen LogP contribution in [-0.4, -0.2) is 38.0 Å². The third-order valence-electron chi connectivity index (χ3n) is 4.27. The van der Waals surface area contributed by atoms with Gasteiger partial charge in [0.15, 0.2) is 9.84 Å². The van der Waals surface area contributed by atoms with Gasteiger partial charge in [0.05, 0.1) is 25.0 Å². The molecule has 0 aliphatic heterocycles. The van der Waals surface area contributed by atoms with Gasteiger partial charge in [0, 0.05) is 6.07 Å². The van der Waals surface area contributed by atoms with Crippen molar-refractivity contribution >= 4 is 9.84 Å². The Hall–Kier alpha value is -2.09. The van der Waals surface area contributed by atoms with Crippen LogP contribution in [0.25, 0.3) is 11.4 Å². The van der Waals surface area contributed by atoms with Crippen molar-refractivity contribution in [1.82, 2.24) is 10.1 Å². The Morgan fingerprint density at radius 2 is 1.92 bits per heavy atom. The first-order valence-electron chi connectivity index (χ1n) is 7.61. The third-order valence-corrected chi connectivity index (χ3v) is 7.21. The Bertz CT molecular complexity index is 853. The van der Waals surface area contributed by atoms with E-state index in [-0.39, 0.29) is 17.0 Å². The zero-order valence-electron chi connectivity index (χ0n) is 14.1. The van der Waals surface area contributed by atoms with Crippen LogP contribution in [0.1, 0.15) is 32.6 Å². The van der Waals surface area contributed by atoms with Crippen molar-refractivity contribution in [3.8, 4) is 22.9 Å². The van der Waals surface area contributed by atoms with Gasteiger partial charge >= 0.3 is 0 Å². The Labute approximate surface area is 140 Å². The van der Waals surface area contributed by atoms with Crippen molar-refractivity contribution < 1.29 is 22.4 Å². The van der Waals surface area contributed by atoms with Crippen molar-refractivity contribution in [1.29, 1.82) is 0 Å². The van der Waals surface area contributed by atoms with Crippen LogP contribution in [0.15, 0.2) is 22.7 Å². The Kier molecular flexibility index (Phi) is 4.03. The number of ether oxygens (including phenoxy) is 2. The first-order chi connectivity index (χ1) is 11.3. The minimum Gasteiger partial charge on any atom is -0.497 e. The average Bonchev–Trinajstić information content (AvgIpc) is 3.32. The molecule has 3 rings (SSSR count). The molecule has 8 heteroatoms. The molecule has 1 aliphatic carbocycles. The Balaban J connectivity index is 1.99. The summed E-state index contributed by atoms with van der Waals surface area (Å²) < 4.78 is 39.7. The van der Waals surface area contributed by atoms with Gasteiger partial charge in [-0.05, 0) is 38.8 Å². The van der Waals surface area contributed by atoms with Crippen molar-refractivity contribution in [2.24, 2.45) is 0 Å². The number of aromatic nitrogens is 2. The lowest BCUT2D eigenvalue weighted by Gasteiger charge is -2.19. The average molecular weight is 352 g/mol. The van der Waals surface area contributed by atoms with Gasteiger partial charge in [0.1, 0.15) is 16.2 Å². The van der Waals surface area contributed by atoms with Gasteiger partial charge in [-0.15, -0.1) is 0 Å². The maximum absolute atomic E-state index is 12.6. The van der Waals surface area contributed by atoms with E-state index in [4.69, 9.17) is 14.0 Å². The summed E-state index contributed by atoms with van der Waals surface area (Å²) in [4.78, 5) is 4.31. The van der Waals surface area contributed by atoms with Gasteiger partial charge in [-0.1, -0.05) is 5.16 Å². The molecule has 0 N–H and O–H groups in total. The second-order valence-electron chi connectivity index (χ2n) is 6.24. The van der Waals surface area contributed by atoms with Gasteiger partial charge in [-0.2, -0.15) is 4.98 Å². The number of nitrogens with zero attached hydrogens (tertiary/aromatic N) is 2. The highest BCUT2D eigenvalue weighted by atomic mass is 32.2. The summed E-state index contributed by atoms with van der Waals surface area (Å²) in [5, 5.41) is 3.63. The van der Waals surface area contributed by atoms with E-state index in [2.05, 4.69) is 10.1 Å². The van der Waals surface area contributed by atoms with Crippen molar-refractivity contribution in [3.63, 3.8) is 0 Å². The molecular weight excluding hydrogens is 332 g/mol. The number of rotatable bonds is 6. The standard InChI is InChI=1S/C16H20N2O5S/c1-16(2,24(19,20)11-6-7-11)15-17-14(18-23-15)12-8-5-10(21-3)9-13(12)22-4/h5,8-9,11H,6-7H2,1-4H3. The minimum atomic E-state index is -3.36. The largest absolute Gasteiger partial charge is 0.497 e. The quantitative estimate of drug-likeness (QED) is 0.789. The van der Waals surface area contributed by atoms with Gasteiger partial charge < -0.3 is 14.0 Å². The van der Waals surface area contributed by atoms with E-state index in [0.29, 0.717) is 29.9 Å². The van der Waals surface area contributed by atoms with Crippen LogP contribution in [0.5, 0.6) is 11.5 Å². The zero-order chi connectivity index (χ0) is 17.5. The molecule has 1 aromatic heterocycles. The van der Waals surface area contributed by atoms with E-state index < -0.39 is 14.6 Å². The Morgan fingerprint density at radius 3 is 2.50 bits per heavy atom. The molecule has 1 aromatic carbocycles. The molecule has 0 spiro atoms. The highest BCUT2D eigenvalue weighted by molar-refractivity contribution is 7.93. The predicted octanol–water partition coefficient (Wildman–Crippen LogP) is 2.57. The summed E-state index contributed by atoms with van der Waals surface area (Å²) in [6.45, 7) is 3.20. The number of benzene rings is 1. The van der Waals surface area contributed by atoms with Gasteiger partial charge in [-0.25, -0.2) is 8.42 Å². The second kappa shape index (κ2) is 5.77. The van der Waals surface area contributed by atoms with E-state index in [0.717, 1.165) is 0 Å². The van der Waals surface area contributed by atoms with Crippen LogP contribution in [0.3, 0.4) is 0 Å². The van der Waals surface area contributed by atoms with Crippen LogP contribution in [0, 0.1) is 0 Å². The number of hydrogen-bond acceptors (Lipinski definition) is 7. The molecule has 130 valence electrons. The fourth-order valence-corrected chi connectivity index (χ4v) is 4.39. The molecule has 0 radical (unpaired) electrons. The van der Waals surface area contributed by atoms with Crippen LogP contribution in [0.2, 0.25) is 0 Å². The van der Waals surface area contributed by atoms with Gasteiger partial charge in [0.25, 0.3) is 0 Å². The molecule has 1 aliphatic rings. The van der Waals surface area contributed by atoms with E-state index in [1.165, 1.54) is 7.11 Å². The summed E-state index contributed by atoms with van der Waals surface area (Å²) in [5.41, 5.74) is 0.605. The molecule has 0 amide bonds. The number of methoxy groups -OCH3 is 2. The molecular formula is C16H20N2O5S. The fraction of sp³-hybridized carbons (Fsp3) is 0.500. The van der Waals surface area contributed by atoms with E-state index >= 15 is 0 Å². The molecule has 1 heterocycles. The normalized spacial score (nSPS) is 15.3. The van der Waals surface area contributed by atoms with Gasteiger partial charge in [0.2, 0.25) is 11.7 Å². The van der Waals surface area contributed by atoms with Crippen LogP contribution in [0.4, 0.5) is 0 Å². The zero-order valence-corrected chi connectivity index (χ0v) is 14.9. The maximum Gasteiger partial charge on any atom is 0.247 e. The summed E-state index contributed by atoms with van der Waals surface area (Å²) in [7, 11) is -0.271. The lowest BCUT2D eigenvalue weighted by Crippen LogP contribution is -2.32. The first-order valence-corrected chi connectivity index (χ1v) is 9.16. The molecule has 0 unspecified atom stereocenters.